The maximum absolute atomic E-state index is 2.62. The molecule has 0 aromatic carbocycles. The van der Waals surface area contributed by atoms with Gasteiger partial charge in [-0.2, -0.15) is 0 Å². The molecule has 174 valence electrons. The SMILES string of the molecule is CC(C)(C)C1=CC(=Cc2cc(C(C)(C)C)[te+]c(C(C)(C)C)c2I)C=C(C(C)(C)C)S1.[Cl-]. The van der Waals surface area contributed by atoms with Gasteiger partial charge in [0.25, 0.3) is 0 Å². The summed E-state index contributed by atoms with van der Waals surface area (Å²) >= 11 is 4.28. The molecule has 0 unspecified atom stereocenters. The number of thioether (sulfide) groups is 1. The van der Waals surface area contributed by atoms with Gasteiger partial charge in [0.2, 0.25) is 0 Å². The molecule has 1 aliphatic heterocycles. The smallest absolute Gasteiger partial charge is 1.00 e. The van der Waals surface area contributed by atoms with Crippen LogP contribution < -0.4 is 12.4 Å². The monoisotopic (exact) mass is 688 g/mol. The maximum Gasteiger partial charge on any atom is -1.00 e. The van der Waals surface area contributed by atoms with E-state index in [1.54, 1.807) is 7.16 Å². The molecule has 0 N–H and O–H groups in total. The van der Waals surface area contributed by atoms with Crippen LogP contribution in [0.1, 0.15) is 95.8 Å². The Kier molecular flexibility index (Phi) is 9.74. The van der Waals surface area contributed by atoms with Crippen LogP contribution in [-0.4, -0.2) is 20.4 Å². The quantitative estimate of drug-likeness (QED) is 0.250. The molecule has 0 fully saturated rings. The van der Waals surface area contributed by atoms with Crippen LogP contribution >= 0.6 is 34.4 Å². The minimum atomic E-state index is -0.311. The molecular formula is C27H40ClISTe. The minimum Gasteiger partial charge on any atom is -1.00 e. The minimum absolute atomic E-state index is 0. The third-order valence-electron chi connectivity index (χ3n) is 4.99. The number of halogens is 2. The van der Waals surface area contributed by atoms with Crippen LogP contribution in [-0.2, 0) is 10.8 Å². The zero-order valence-electron chi connectivity index (χ0n) is 21.4. The molecule has 0 radical (unpaired) electrons. The number of rotatable bonds is 1. The average Bonchev–Trinajstić information content (AvgIpc) is 2.52. The van der Waals surface area contributed by atoms with E-state index in [1.165, 1.54) is 24.5 Å². The van der Waals surface area contributed by atoms with Crippen molar-refractivity contribution in [2.45, 2.75) is 93.9 Å². The molecule has 2 rings (SSSR count). The Morgan fingerprint density at radius 1 is 0.742 bits per heavy atom. The summed E-state index contributed by atoms with van der Waals surface area (Å²) < 4.78 is 4.84. The summed E-state index contributed by atoms with van der Waals surface area (Å²) in [6, 6.07) is 2.52. The predicted molar refractivity (Wildman–Crippen MR) is 149 cm³/mol. The molecule has 0 nitrogen and oxygen atoms in total. The largest absolute Gasteiger partial charge is 1.00 e. The second kappa shape index (κ2) is 10.1. The van der Waals surface area contributed by atoms with Crippen molar-refractivity contribution in [3.05, 3.63) is 49.9 Å². The van der Waals surface area contributed by atoms with E-state index in [0.717, 1.165) is 0 Å². The van der Waals surface area contributed by atoms with Gasteiger partial charge in [0.15, 0.2) is 0 Å². The molecule has 0 amide bonds. The number of allylic oxidation sites excluding steroid dienone is 5. The van der Waals surface area contributed by atoms with Gasteiger partial charge in [0.1, 0.15) is 0 Å². The van der Waals surface area contributed by atoms with E-state index in [9.17, 15) is 0 Å². The van der Waals surface area contributed by atoms with Gasteiger partial charge in [-0.05, 0) is 0 Å². The van der Waals surface area contributed by atoms with E-state index in [2.05, 4.69) is 130 Å². The molecule has 2 heterocycles. The fourth-order valence-corrected chi connectivity index (χ4v) is 9.60. The van der Waals surface area contributed by atoms with E-state index in [4.69, 9.17) is 0 Å². The van der Waals surface area contributed by atoms with Crippen LogP contribution in [0.25, 0.3) is 6.08 Å². The molecule has 0 saturated carbocycles. The zero-order chi connectivity index (χ0) is 23.3. The van der Waals surface area contributed by atoms with Crippen molar-refractivity contribution < 1.29 is 12.4 Å². The van der Waals surface area contributed by atoms with Crippen molar-refractivity contribution in [3.63, 3.8) is 0 Å². The van der Waals surface area contributed by atoms with Crippen LogP contribution in [0.2, 0.25) is 0 Å². The van der Waals surface area contributed by atoms with Crippen molar-refractivity contribution in [3.8, 4) is 0 Å². The van der Waals surface area contributed by atoms with E-state index < -0.39 is 0 Å². The fraction of sp³-hybridized carbons (Fsp3) is 0.593. The second-order valence-electron chi connectivity index (χ2n) is 12.5. The zero-order valence-corrected chi connectivity index (χ0v) is 27.4. The van der Waals surface area contributed by atoms with Gasteiger partial charge in [0, 0.05) is 0 Å². The molecule has 0 aliphatic carbocycles. The van der Waals surface area contributed by atoms with Crippen molar-refractivity contribution in [1.82, 2.24) is 0 Å². The summed E-state index contributed by atoms with van der Waals surface area (Å²) in [6.07, 6.45) is 7.29. The van der Waals surface area contributed by atoms with E-state index >= 15 is 0 Å². The Bertz CT molecular complexity index is 879. The second-order valence-corrected chi connectivity index (χ2v) is 17.6. The van der Waals surface area contributed by atoms with Gasteiger partial charge < -0.3 is 12.4 Å². The first kappa shape index (κ1) is 29.8. The molecule has 0 bridgehead atoms. The topological polar surface area (TPSA) is 0 Å². The molecular weight excluding hydrogens is 646 g/mol. The van der Waals surface area contributed by atoms with Crippen molar-refractivity contribution in [1.29, 1.82) is 0 Å². The number of hydrogen-bond acceptors (Lipinski definition) is 1. The normalized spacial score (nSPS) is 15.8. The molecule has 4 heteroatoms. The van der Waals surface area contributed by atoms with Gasteiger partial charge in [0.05, 0.1) is 0 Å². The standard InChI is InChI=1S/C27H40ISTe.ClH/c1-24(2,3)19-14-17(15-20(29-19)25(4,5)6)13-18-16-21(26(7,8)9)30-23(22(18)28)27(10,11)12;/h13-16H,1-12H3;1H/q+1;/p-1. The Morgan fingerprint density at radius 2 is 1.19 bits per heavy atom. The van der Waals surface area contributed by atoms with E-state index in [-0.39, 0.29) is 54.5 Å². The van der Waals surface area contributed by atoms with Crippen LogP contribution in [0, 0.1) is 14.4 Å². The molecule has 0 saturated heterocycles. The molecule has 0 spiro atoms. The van der Waals surface area contributed by atoms with E-state index in [1.807, 2.05) is 11.8 Å². The van der Waals surface area contributed by atoms with Crippen LogP contribution in [0.4, 0.5) is 0 Å². The van der Waals surface area contributed by atoms with Gasteiger partial charge in [-0.3, -0.25) is 0 Å². The Labute approximate surface area is 226 Å². The number of hydrogen-bond donors (Lipinski definition) is 0. The first-order valence-corrected chi connectivity index (χ1v) is 15.0. The van der Waals surface area contributed by atoms with Crippen molar-refractivity contribution in [2.24, 2.45) is 10.8 Å². The predicted octanol–water partition coefficient (Wildman–Crippen LogP) is 6.22. The van der Waals surface area contributed by atoms with Crippen LogP contribution in [0.3, 0.4) is 0 Å². The maximum atomic E-state index is 2.62. The van der Waals surface area contributed by atoms with E-state index in [0.29, 0.717) is 0 Å². The first-order chi connectivity index (χ1) is 13.3. The summed E-state index contributed by atoms with van der Waals surface area (Å²) in [5.41, 5.74) is 3.52. The van der Waals surface area contributed by atoms with Crippen molar-refractivity contribution >= 4 is 60.9 Å². The van der Waals surface area contributed by atoms with Crippen LogP contribution in [0.5, 0.6) is 0 Å². The summed E-state index contributed by atoms with van der Waals surface area (Å²) in [5, 5.41) is 0. The van der Waals surface area contributed by atoms with Gasteiger partial charge in [-0.15, -0.1) is 0 Å². The summed E-state index contributed by atoms with van der Waals surface area (Å²) in [6.45, 7) is 28.2. The summed E-state index contributed by atoms with van der Waals surface area (Å²) in [7, 11) is 0. The Hall–Kier alpha value is 0.730. The molecule has 1 aromatic rings. The molecule has 1 aliphatic rings. The molecule has 31 heavy (non-hydrogen) atoms. The Balaban J connectivity index is 0.00000480. The van der Waals surface area contributed by atoms with Gasteiger partial charge in [-0.25, -0.2) is 0 Å². The van der Waals surface area contributed by atoms with Crippen LogP contribution in [0.15, 0.2) is 33.6 Å². The average molecular weight is 687 g/mol. The Morgan fingerprint density at radius 3 is 1.55 bits per heavy atom. The summed E-state index contributed by atoms with van der Waals surface area (Å²) in [5.74, 6) is 0. The molecule has 0 atom stereocenters. The van der Waals surface area contributed by atoms with Crippen molar-refractivity contribution in [2.75, 3.05) is 0 Å². The third-order valence-corrected chi connectivity index (χ3v) is 14.8. The molecule has 1 aromatic heterocycles. The van der Waals surface area contributed by atoms with Gasteiger partial charge in [-0.1, -0.05) is 0 Å². The summed E-state index contributed by atoms with van der Waals surface area (Å²) in [4.78, 5) is 2.92. The third kappa shape index (κ3) is 7.88. The fourth-order valence-electron chi connectivity index (χ4n) is 3.00. The first-order valence-electron chi connectivity index (χ1n) is 10.8. The van der Waals surface area contributed by atoms with Gasteiger partial charge >= 0.3 is 215 Å².